The van der Waals surface area contributed by atoms with Crippen molar-refractivity contribution < 1.29 is 0 Å². The first kappa shape index (κ1) is 27.4. The maximum Gasteiger partial charge on any atom is 0.110 e. The third-order valence-corrected chi connectivity index (χ3v) is 8.65. The summed E-state index contributed by atoms with van der Waals surface area (Å²) in [5.41, 5.74) is 17.4. The first-order valence-electron chi connectivity index (χ1n) is 14.8. The Labute approximate surface area is 234 Å². The number of allylic oxidation sites excluding steroid dienone is 6. The number of aromatic amines is 1. The van der Waals surface area contributed by atoms with Crippen molar-refractivity contribution in [3.05, 3.63) is 76.7 Å². The van der Waals surface area contributed by atoms with Gasteiger partial charge in [0.15, 0.2) is 0 Å². The molecule has 1 aromatic heterocycles. The van der Waals surface area contributed by atoms with Gasteiger partial charge in [0.25, 0.3) is 0 Å². The first-order valence-corrected chi connectivity index (χ1v) is 14.8. The van der Waals surface area contributed by atoms with E-state index in [0.717, 1.165) is 56.6 Å². The quantitative estimate of drug-likeness (QED) is 0.366. The third-order valence-electron chi connectivity index (χ3n) is 8.65. The number of nitrogens with zero attached hydrogens (tertiary/aromatic N) is 3. The highest BCUT2D eigenvalue weighted by atomic mass is 15.1. The lowest BCUT2D eigenvalue weighted by Gasteiger charge is -2.32. The van der Waals surface area contributed by atoms with Crippen molar-refractivity contribution in [1.82, 2.24) is 9.88 Å². The minimum absolute atomic E-state index is 0.348. The van der Waals surface area contributed by atoms with Gasteiger partial charge in [-0.15, -0.1) is 0 Å². The smallest absolute Gasteiger partial charge is 0.110 e. The van der Waals surface area contributed by atoms with Crippen LogP contribution in [0.1, 0.15) is 94.9 Å². The fourth-order valence-corrected chi connectivity index (χ4v) is 6.35. The van der Waals surface area contributed by atoms with Crippen LogP contribution in [0, 0.1) is 0 Å². The van der Waals surface area contributed by atoms with Gasteiger partial charge in [-0.2, -0.15) is 0 Å². The maximum atomic E-state index is 6.29. The van der Waals surface area contributed by atoms with Crippen LogP contribution in [-0.4, -0.2) is 47.6 Å². The Morgan fingerprint density at radius 2 is 2.03 bits per heavy atom. The zero-order valence-electron chi connectivity index (χ0n) is 24.3. The van der Waals surface area contributed by atoms with Gasteiger partial charge in [0.2, 0.25) is 0 Å². The lowest BCUT2D eigenvalue weighted by Crippen LogP contribution is -2.35. The molecule has 3 aliphatic rings. The summed E-state index contributed by atoms with van der Waals surface area (Å²) in [6.45, 7) is 16.0. The molecular formula is C34H45N5. The van der Waals surface area contributed by atoms with Crippen molar-refractivity contribution in [2.75, 3.05) is 19.6 Å². The van der Waals surface area contributed by atoms with E-state index in [9.17, 15) is 0 Å². The molecule has 1 aromatic carbocycles. The highest BCUT2D eigenvalue weighted by Crippen LogP contribution is 2.38. The van der Waals surface area contributed by atoms with E-state index in [1.807, 2.05) is 6.08 Å². The highest BCUT2D eigenvalue weighted by molar-refractivity contribution is 6.06. The van der Waals surface area contributed by atoms with Crippen molar-refractivity contribution in [3.8, 4) is 0 Å². The third kappa shape index (κ3) is 6.19. The predicted molar refractivity (Wildman–Crippen MR) is 168 cm³/mol. The van der Waals surface area contributed by atoms with E-state index < -0.39 is 0 Å². The minimum Gasteiger partial charge on any atom is -0.401 e. The Hall–Kier alpha value is -3.18. The lowest BCUT2D eigenvalue weighted by atomic mass is 9.87. The van der Waals surface area contributed by atoms with E-state index in [-0.39, 0.29) is 0 Å². The van der Waals surface area contributed by atoms with Gasteiger partial charge < -0.3 is 10.7 Å². The van der Waals surface area contributed by atoms with Crippen LogP contribution >= 0.6 is 0 Å². The molecular weight excluding hydrogens is 478 g/mol. The number of aromatic nitrogens is 1. The van der Waals surface area contributed by atoms with Crippen LogP contribution in [0.3, 0.4) is 0 Å². The summed E-state index contributed by atoms with van der Waals surface area (Å²) in [7, 11) is 0. The number of hydrogen-bond acceptors (Lipinski definition) is 4. The Morgan fingerprint density at radius 3 is 2.77 bits per heavy atom. The summed E-state index contributed by atoms with van der Waals surface area (Å²) in [6.07, 6.45) is 14.9. The molecule has 3 heterocycles. The molecule has 1 fully saturated rings. The zero-order chi connectivity index (χ0) is 27.5. The second kappa shape index (κ2) is 11.9. The fourth-order valence-electron chi connectivity index (χ4n) is 6.35. The fraction of sp³-hybridized carbons (Fsp3) is 0.471. The Morgan fingerprint density at radius 1 is 1.23 bits per heavy atom. The first-order chi connectivity index (χ1) is 18.8. The standard InChI is InChI=1S/C34H45N5/c1-6-23(4)16-28(35)20-39-14-12-25(13-15-39)26-10-11-31-30(18-26)33(22(2)3)34(38-31)27-8-7-9-29-19-32(24(5)17-27)37-21-36-29/h8,10-11,16-18,21-22,25,29,38H,4,6-7,9,12-15,19-20,35H2,1-3,5H3/b24-17-,27-8+,28-16-. The van der Waals surface area contributed by atoms with E-state index in [0.29, 0.717) is 17.9 Å². The van der Waals surface area contributed by atoms with Crippen molar-refractivity contribution in [2.24, 2.45) is 15.7 Å². The van der Waals surface area contributed by atoms with Crippen LogP contribution in [0.15, 0.2) is 69.8 Å². The van der Waals surface area contributed by atoms with Crippen molar-refractivity contribution in [2.45, 2.75) is 84.1 Å². The maximum absolute atomic E-state index is 6.29. The van der Waals surface area contributed by atoms with Crippen LogP contribution in [0.25, 0.3) is 16.5 Å². The Kier molecular flexibility index (Phi) is 8.37. The van der Waals surface area contributed by atoms with Crippen molar-refractivity contribution in [3.63, 3.8) is 0 Å². The second-order valence-corrected chi connectivity index (χ2v) is 11.9. The molecule has 0 amide bonds. The number of hydrogen-bond donors (Lipinski definition) is 2. The molecule has 2 aromatic rings. The molecule has 39 heavy (non-hydrogen) atoms. The number of likely N-dealkylation sites (tertiary alicyclic amines) is 1. The lowest BCUT2D eigenvalue weighted by molar-refractivity contribution is 0.227. The van der Waals surface area contributed by atoms with Crippen molar-refractivity contribution >= 4 is 28.5 Å². The van der Waals surface area contributed by atoms with Gasteiger partial charge in [-0.1, -0.05) is 45.1 Å². The molecule has 1 unspecified atom stereocenters. The Bertz CT molecular complexity index is 1370. The summed E-state index contributed by atoms with van der Waals surface area (Å²) < 4.78 is 0. The number of nitrogens with two attached hydrogens (primary N) is 1. The Balaban J connectivity index is 1.39. The topological polar surface area (TPSA) is 69.8 Å². The largest absolute Gasteiger partial charge is 0.401 e. The van der Waals surface area contributed by atoms with Gasteiger partial charge in [0, 0.05) is 41.0 Å². The number of rotatable bonds is 7. The summed E-state index contributed by atoms with van der Waals surface area (Å²) in [5.74, 6) is 1.00. The number of H-pyrrole nitrogens is 1. The van der Waals surface area contributed by atoms with Crippen LogP contribution < -0.4 is 5.73 Å². The van der Waals surface area contributed by atoms with Gasteiger partial charge in [-0.3, -0.25) is 9.89 Å². The van der Waals surface area contributed by atoms with Crippen LogP contribution in [0.2, 0.25) is 0 Å². The molecule has 0 spiro atoms. The molecule has 5 heteroatoms. The van der Waals surface area contributed by atoms with E-state index >= 15 is 0 Å². The molecule has 206 valence electrons. The molecule has 2 aliphatic heterocycles. The summed E-state index contributed by atoms with van der Waals surface area (Å²) in [6, 6.07) is 7.48. The second-order valence-electron chi connectivity index (χ2n) is 11.9. The van der Waals surface area contributed by atoms with Crippen molar-refractivity contribution in [1.29, 1.82) is 0 Å². The summed E-state index contributed by atoms with van der Waals surface area (Å²) in [5, 5.41) is 1.37. The van der Waals surface area contributed by atoms with Gasteiger partial charge in [0.1, 0.15) is 6.34 Å². The summed E-state index contributed by atoms with van der Waals surface area (Å²) >= 11 is 0. The van der Waals surface area contributed by atoms with Gasteiger partial charge in [-0.05, 0) is 111 Å². The van der Waals surface area contributed by atoms with Gasteiger partial charge >= 0.3 is 0 Å². The van der Waals surface area contributed by atoms with E-state index in [4.69, 9.17) is 5.73 Å². The summed E-state index contributed by atoms with van der Waals surface area (Å²) in [4.78, 5) is 15.5. The normalized spacial score (nSPS) is 24.0. The van der Waals surface area contributed by atoms with Crippen LogP contribution in [0.5, 0.6) is 0 Å². The molecule has 1 saturated heterocycles. The molecule has 5 rings (SSSR count). The SMILES string of the molecule is C=C(/C=C(\N)CN1CCC(c2ccc3[nH]c(C4=C/CCC5CC(=NC=N5)/C(C)=C\4)c(C(C)C)c3c2)CC1)CC. The zero-order valence-corrected chi connectivity index (χ0v) is 24.3. The van der Waals surface area contributed by atoms with E-state index in [2.05, 4.69) is 84.5 Å². The minimum atomic E-state index is 0.348. The number of benzene rings is 1. The monoisotopic (exact) mass is 523 g/mol. The number of nitrogens with one attached hydrogen (secondary N) is 1. The molecule has 5 nitrogen and oxygen atoms in total. The number of piperidine rings is 1. The average molecular weight is 524 g/mol. The molecule has 0 saturated carbocycles. The van der Waals surface area contributed by atoms with E-state index in [1.54, 1.807) is 6.34 Å². The molecule has 2 bridgehead atoms. The van der Waals surface area contributed by atoms with Crippen LogP contribution in [-0.2, 0) is 0 Å². The highest BCUT2D eigenvalue weighted by Gasteiger charge is 2.24. The average Bonchev–Trinajstić information content (AvgIpc) is 3.33. The molecule has 3 N–H and O–H groups in total. The molecule has 1 aliphatic carbocycles. The predicted octanol–water partition coefficient (Wildman–Crippen LogP) is 7.64. The molecule has 0 radical (unpaired) electrons. The number of aliphatic imine (C=N–C) groups is 2. The van der Waals surface area contributed by atoms with E-state index in [1.165, 1.54) is 57.4 Å². The van der Waals surface area contributed by atoms with Crippen LogP contribution in [0.4, 0.5) is 0 Å². The van der Waals surface area contributed by atoms with Gasteiger partial charge in [-0.25, -0.2) is 4.99 Å². The number of fused-ring (bicyclic) bond motifs is 3. The molecule has 1 atom stereocenters. The van der Waals surface area contributed by atoms with Gasteiger partial charge in [0.05, 0.1) is 6.04 Å².